The van der Waals surface area contributed by atoms with Crippen LogP contribution in [-0.4, -0.2) is 36.1 Å². The summed E-state index contributed by atoms with van der Waals surface area (Å²) in [5, 5.41) is 4.26. The van der Waals surface area contributed by atoms with Crippen molar-refractivity contribution in [3.8, 4) is 0 Å². The molecule has 1 aliphatic carbocycles. The van der Waals surface area contributed by atoms with Crippen molar-refractivity contribution in [2.24, 2.45) is 17.6 Å². The molecule has 1 aliphatic heterocycles. The number of primary amides is 1. The Kier molecular flexibility index (Phi) is 9.41. The Morgan fingerprint density at radius 3 is 2.19 bits per heavy atom. The van der Waals surface area contributed by atoms with E-state index in [1.165, 1.54) is 5.01 Å². The summed E-state index contributed by atoms with van der Waals surface area (Å²) >= 11 is 6.21. The molecule has 0 bridgehead atoms. The number of benzene rings is 2. The zero-order valence-corrected chi connectivity index (χ0v) is 23.0. The van der Waals surface area contributed by atoms with Crippen LogP contribution in [0, 0.1) is 11.8 Å². The lowest BCUT2D eigenvalue weighted by molar-refractivity contribution is -0.152. The molecule has 1 saturated carbocycles. The minimum atomic E-state index is -4.76. The Morgan fingerprint density at radius 2 is 1.62 bits per heavy atom. The number of fused-ring (bicyclic) bond motifs is 1. The third kappa shape index (κ3) is 8.15. The Balaban J connectivity index is 1.67. The van der Waals surface area contributed by atoms with Gasteiger partial charge in [-0.3, -0.25) is 19.4 Å². The summed E-state index contributed by atoms with van der Waals surface area (Å²) in [4.78, 5) is 39.0. The maximum Gasteiger partial charge on any atom is 0.389 e. The highest BCUT2D eigenvalue weighted by Gasteiger charge is 2.41. The maximum absolute atomic E-state index is 13.5. The van der Waals surface area contributed by atoms with Crippen molar-refractivity contribution in [2.45, 2.75) is 69.4 Å². The van der Waals surface area contributed by atoms with E-state index in [-0.39, 0.29) is 12.3 Å². The highest BCUT2D eigenvalue weighted by Crippen LogP contribution is 2.45. The second-order valence-corrected chi connectivity index (χ2v) is 11.0. The lowest BCUT2D eigenvalue weighted by atomic mass is 9.83. The Hall–Kier alpha value is -3.32. The van der Waals surface area contributed by atoms with Gasteiger partial charge in [0.15, 0.2) is 11.9 Å². The molecule has 0 unspecified atom stereocenters. The maximum atomic E-state index is 13.5. The molecule has 3 atom stereocenters. The first-order valence-corrected chi connectivity index (χ1v) is 13.7. The van der Waals surface area contributed by atoms with Gasteiger partial charge >= 0.3 is 12.4 Å². The zero-order valence-electron chi connectivity index (χ0n) is 22.2. The number of hydrogen-bond donors (Lipinski definition) is 3. The van der Waals surface area contributed by atoms with E-state index in [0.29, 0.717) is 22.0 Å². The number of anilines is 2. The van der Waals surface area contributed by atoms with Gasteiger partial charge in [0, 0.05) is 36.1 Å². The largest absolute Gasteiger partial charge is 0.389 e. The van der Waals surface area contributed by atoms with E-state index in [2.05, 4.69) is 10.7 Å². The van der Waals surface area contributed by atoms with Gasteiger partial charge in [-0.15, -0.1) is 0 Å². The number of nitrogens with one attached hydrogen (secondary N) is 2. The molecule has 0 aromatic heterocycles. The van der Waals surface area contributed by atoms with E-state index in [4.69, 9.17) is 17.3 Å². The lowest BCUT2D eigenvalue weighted by Gasteiger charge is -2.31. The first kappa shape index (κ1) is 31.6. The monoisotopic (exact) mass is 618 g/mol. The number of amides is 2. The molecular formula is C28H29ClF6N4O3. The Bertz CT molecular complexity index is 1330. The van der Waals surface area contributed by atoms with Gasteiger partial charge in [-0.2, -0.15) is 31.8 Å². The van der Waals surface area contributed by atoms with Gasteiger partial charge in [0.2, 0.25) is 11.8 Å². The number of alkyl halides is 6. The molecule has 2 aromatic carbocycles. The molecular weight excluding hydrogens is 590 g/mol. The Morgan fingerprint density at radius 1 is 1.00 bits per heavy atom. The standard InChI is InChI=1S/C28H29ClF6N4O3/c29-16-3-1-4-17(13-16)39-22-6-2-5-18(15-7-8-15)21(22)14-23(40)25(38-39)37-26(42)20(10-12-28(33,34)35)19(24(36)41)9-11-27(30,31)32/h1-6,13,15,19-20,25,38H,7-12,14H2,(H2,36,41)(H,37,42)/t19-,20+,25-/m0/s1. The smallest absolute Gasteiger partial charge is 0.369 e. The van der Waals surface area contributed by atoms with Crippen LogP contribution < -0.4 is 21.5 Å². The highest BCUT2D eigenvalue weighted by atomic mass is 35.5. The average Bonchev–Trinajstić information content (AvgIpc) is 3.73. The van der Waals surface area contributed by atoms with E-state index < -0.39 is 73.6 Å². The van der Waals surface area contributed by atoms with Crippen LogP contribution in [-0.2, 0) is 20.8 Å². The Labute approximate surface area is 242 Å². The highest BCUT2D eigenvalue weighted by molar-refractivity contribution is 6.30. The molecule has 0 saturated heterocycles. The molecule has 1 fully saturated rings. The summed E-state index contributed by atoms with van der Waals surface area (Å²) in [7, 11) is 0. The van der Waals surface area contributed by atoms with Crippen molar-refractivity contribution >= 4 is 40.6 Å². The summed E-state index contributed by atoms with van der Waals surface area (Å²) in [6, 6.07) is 12.1. The fourth-order valence-electron chi connectivity index (χ4n) is 5.20. The molecule has 4 N–H and O–H groups in total. The number of rotatable bonds is 10. The SMILES string of the molecule is NC(=O)[C@@H](CCC(F)(F)F)[C@@H](CCC(F)(F)F)C(=O)N[C@H]1NN(c2cccc(Cl)c2)c2cccc(C3CC3)c2CC1=O. The van der Waals surface area contributed by atoms with Crippen molar-refractivity contribution in [2.75, 3.05) is 5.01 Å². The number of nitrogens with two attached hydrogens (primary N) is 1. The number of hydrogen-bond acceptors (Lipinski definition) is 5. The van der Waals surface area contributed by atoms with Gasteiger partial charge in [-0.05, 0) is 67.0 Å². The number of carbonyl (C=O) groups excluding carboxylic acids is 3. The van der Waals surface area contributed by atoms with Crippen LogP contribution in [0.15, 0.2) is 42.5 Å². The second kappa shape index (κ2) is 12.5. The van der Waals surface area contributed by atoms with Crippen LogP contribution in [0.4, 0.5) is 37.7 Å². The first-order valence-electron chi connectivity index (χ1n) is 13.3. The first-order chi connectivity index (χ1) is 19.6. The molecule has 2 amide bonds. The van der Waals surface area contributed by atoms with Crippen molar-refractivity contribution in [3.63, 3.8) is 0 Å². The van der Waals surface area contributed by atoms with Gasteiger partial charge < -0.3 is 11.1 Å². The lowest BCUT2D eigenvalue weighted by Crippen LogP contribution is -2.57. The number of hydrazine groups is 1. The van der Waals surface area contributed by atoms with Crippen LogP contribution in [0.3, 0.4) is 0 Å². The minimum absolute atomic E-state index is 0.141. The average molecular weight is 619 g/mol. The molecule has 7 nitrogen and oxygen atoms in total. The number of halogens is 7. The van der Waals surface area contributed by atoms with Gasteiger partial charge in [0.05, 0.1) is 11.4 Å². The summed E-state index contributed by atoms with van der Waals surface area (Å²) in [5.74, 6) is -6.55. The van der Waals surface area contributed by atoms with Gasteiger partial charge in [-0.1, -0.05) is 29.8 Å². The summed E-state index contributed by atoms with van der Waals surface area (Å²) in [6.07, 6.45) is -14.3. The third-order valence-electron chi connectivity index (χ3n) is 7.40. The second-order valence-electron chi connectivity index (χ2n) is 10.6. The molecule has 228 valence electrons. The molecule has 0 spiro atoms. The van der Waals surface area contributed by atoms with Gasteiger partial charge in [-0.25, -0.2) is 0 Å². The fourth-order valence-corrected chi connectivity index (χ4v) is 5.39. The van der Waals surface area contributed by atoms with Crippen LogP contribution in [0.25, 0.3) is 0 Å². The number of carbonyl (C=O) groups is 3. The quantitative estimate of drug-likeness (QED) is 0.291. The normalized spacial score (nSPS) is 19.1. The van der Waals surface area contributed by atoms with E-state index in [0.717, 1.165) is 18.4 Å². The van der Waals surface area contributed by atoms with Crippen molar-refractivity contribution in [3.05, 3.63) is 58.6 Å². The van der Waals surface area contributed by atoms with Gasteiger partial charge in [0.1, 0.15) is 0 Å². The van der Waals surface area contributed by atoms with Crippen molar-refractivity contribution < 1.29 is 40.7 Å². The van der Waals surface area contributed by atoms with Crippen LogP contribution in [0.1, 0.15) is 55.6 Å². The topological polar surface area (TPSA) is 105 Å². The zero-order chi connectivity index (χ0) is 30.8. The van der Waals surface area contributed by atoms with Crippen LogP contribution in [0.5, 0.6) is 0 Å². The summed E-state index contributed by atoms with van der Waals surface area (Å²) in [5.41, 5.74) is 10.9. The number of nitrogens with zero attached hydrogens (tertiary/aromatic N) is 1. The molecule has 42 heavy (non-hydrogen) atoms. The minimum Gasteiger partial charge on any atom is -0.369 e. The van der Waals surface area contributed by atoms with Crippen LogP contribution >= 0.6 is 11.6 Å². The van der Waals surface area contributed by atoms with Crippen LogP contribution in [0.2, 0.25) is 5.02 Å². The van der Waals surface area contributed by atoms with Gasteiger partial charge in [0.25, 0.3) is 0 Å². The predicted octanol–water partition coefficient (Wildman–Crippen LogP) is 5.83. The number of Topliss-reactive ketones (excluding diaryl/α,β-unsaturated/α-hetero) is 1. The molecule has 4 rings (SSSR count). The molecule has 14 heteroatoms. The van der Waals surface area contributed by atoms with E-state index in [9.17, 15) is 40.7 Å². The molecule has 1 heterocycles. The molecule has 2 aliphatic rings. The summed E-state index contributed by atoms with van der Waals surface area (Å²) < 4.78 is 78.2. The molecule has 0 radical (unpaired) electrons. The molecule has 2 aromatic rings. The van der Waals surface area contributed by atoms with Crippen molar-refractivity contribution in [1.82, 2.24) is 10.7 Å². The number of ketones is 1. The predicted molar refractivity (Wildman–Crippen MR) is 143 cm³/mol. The van der Waals surface area contributed by atoms with E-state index in [1.807, 2.05) is 12.1 Å². The van der Waals surface area contributed by atoms with E-state index >= 15 is 0 Å². The van der Waals surface area contributed by atoms with Crippen molar-refractivity contribution in [1.29, 1.82) is 0 Å². The van der Waals surface area contributed by atoms with E-state index in [1.54, 1.807) is 30.3 Å². The third-order valence-corrected chi connectivity index (χ3v) is 7.63. The fraction of sp³-hybridized carbons (Fsp3) is 0.464. The summed E-state index contributed by atoms with van der Waals surface area (Å²) in [6.45, 7) is 0.